The van der Waals surface area contributed by atoms with Crippen molar-refractivity contribution in [1.82, 2.24) is 0 Å². The van der Waals surface area contributed by atoms with E-state index in [0.29, 0.717) is 0 Å². The van der Waals surface area contributed by atoms with Crippen molar-refractivity contribution in [1.29, 1.82) is 0 Å². The van der Waals surface area contributed by atoms with Gasteiger partial charge in [0.05, 0.1) is 5.41 Å². The molecule has 206 valence electrons. The van der Waals surface area contributed by atoms with Crippen LogP contribution in [0.5, 0.6) is 0 Å². The van der Waals surface area contributed by atoms with Crippen LogP contribution in [0.15, 0.2) is 176 Å². The third-order valence-electron chi connectivity index (χ3n) is 8.63. The third kappa shape index (κ3) is 4.79. The fraction of sp³-hybridized carbons (Fsp3) is 0.0476. The first kappa shape index (κ1) is 26.5. The lowest BCUT2D eigenvalue weighted by molar-refractivity contribution is 0.768. The number of rotatable bonds is 7. The Morgan fingerprint density at radius 2 is 0.977 bits per heavy atom. The summed E-state index contributed by atoms with van der Waals surface area (Å²) in [5, 5.41) is 0. The van der Waals surface area contributed by atoms with Crippen LogP contribution in [-0.4, -0.2) is 0 Å². The Morgan fingerprint density at radius 1 is 0.488 bits per heavy atom. The zero-order valence-corrected chi connectivity index (χ0v) is 24.0. The van der Waals surface area contributed by atoms with Gasteiger partial charge >= 0.3 is 0 Å². The van der Waals surface area contributed by atoms with Crippen molar-refractivity contribution >= 4 is 11.3 Å². The standard InChI is InChI=1S/C42H33N/c43-41(33-16-6-2-7-17-33)30-34(25-24-31-14-4-1-5-15-31)32-26-28-36(29-27-32)42(35-18-8-3-9-19-35)39-22-12-10-20-37(39)38-21-11-13-23-40(38)42/h1-23,25-30H,24,43H2/b34-25+,41-30-. The Kier molecular flexibility index (Phi) is 7.07. The smallest absolute Gasteiger partial charge is 0.0713 e. The first-order chi connectivity index (χ1) is 21.2. The number of benzene rings is 6. The maximum Gasteiger partial charge on any atom is 0.0713 e. The van der Waals surface area contributed by atoms with Crippen LogP contribution < -0.4 is 5.73 Å². The Balaban J connectivity index is 1.37. The van der Waals surface area contributed by atoms with Gasteiger partial charge in [-0.1, -0.05) is 170 Å². The largest absolute Gasteiger partial charge is 0.398 e. The van der Waals surface area contributed by atoms with Gasteiger partial charge in [0.1, 0.15) is 0 Å². The van der Waals surface area contributed by atoms with Gasteiger partial charge in [0.25, 0.3) is 0 Å². The quantitative estimate of drug-likeness (QED) is 0.196. The molecule has 1 aliphatic rings. The van der Waals surface area contributed by atoms with Gasteiger partial charge in [-0.2, -0.15) is 0 Å². The molecule has 7 rings (SSSR count). The van der Waals surface area contributed by atoms with Crippen molar-refractivity contribution in [2.45, 2.75) is 11.8 Å². The van der Waals surface area contributed by atoms with Gasteiger partial charge in [0, 0.05) is 5.70 Å². The second-order valence-corrected chi connectivity index (χ2v) is 11.1. The van der Waals surface area contributed by atoms with Crippen molar-refractivity contribution in [3.05, 3.63) is 215 Å². The molecule has 0 saturated heterocycles. The summed E-state index contributed by atoms with van der Waals surface area (Å²) in [6.45, 7) is 0. The molecule has 1 aliphatic carbocycles. The van der Waals surface area contributed by atoms with Crippen LogP contribution >= 0.6 is 0 Å². The monoisotopic (exact) mass is 551 g/mol. The molecule has 0 amide bonds. The molecule has 6 aromatic carbocycles. The highest BCUT2D eigenvalue weighted by Crippen LogP contribution is 2.55. The second-order valence-electron chi connectivity index (χ2n) is 11.1. The van der Waals surface area contributed by atoms with Crippen molar-refractivity contribution < 1.29 is 0 Å². The van der Waals surface area contributed by atoms with E-state index in [1.807, 2.05) is 18.2 Å². The highest BCUT2D eigenvalue weighted by Gasteiger charge is 2.45. The molecule has 0 saturated carbocycles. The molecule has 0 atom stereocenters. The number of hydrogen-bond donors (Lipinski definition) is 1. The van der Waals surface area contributed by atoms with Crippen molar-refractivity contribution in [3.8, 4) is 11.1 Å². The highest BCUT2D eigenvalue weighted by atomic mass is 14.6. The molecule has 0 spiro atoms. The minimum absolute atomic E-state index is 0.403. The molecule has 0 heterocycles. The molecular formula is C42H33N. The number of fused-ring (bicyclic) bond motifs is 3. The van der Waals surface area contributed by atoms with Crippen LogP contribution in [0.4, 0.5) is 0 Å². The van der Waals surface area contributed by atoms with E-state index < -0.39 is 5.41 Å². The average Bonchev–Trinajstić information content (AvgIpc) is 3.39. The summed E-state index contributed by atoms with van der Waals surface area (Å²) in [4.78, 5) is 0. The SMILES string of the molecule is N/C(=C\C(=C/Cc1ccccc1)c1ccc(C2(c3ccccc3)c3ccccc3-c3ccccc32)cc1)c1ccccc1. The first-order valence-corrected chi connectivity index (χ1v) is 14.9. The number of nitrogens with two attached hydrogens (primary N) is 1. The van der Waals surface area contributed by atoms with Crippen LogP contribution in [0.3, 0.4) is 0 Å². The highest BCUT2D eigenvalue weighted by molar-refractivity contribution is 5.87. The Morgan fingerprint density at radius 3 is 1.58 bits per heavy atom. The summed E-state index contributed by atoms with van der Waals surface area (Å²) in [5.74, 6) is 0. The van der Waals surface area contributed by atoms with E-state index in [-0.39, 0.29) is 0 Å². The Labute approximate surface area is 254 Å². The van der Waals surface area contributed by atoms with E-state index in [1.165, 1.54) is 38.9 Å². The van der Waals surface area contributed by atoms with Crippen molar-refractivity contribution in [3.63, 3.8) is 0 Å². The molecule has 6 aromatic rings. The molecular weight excluding hydrogens is 518 g/mol. The van der Waals surface area contributed by atoms with Crippen LogP contribution in [0.25, 0.3) is 22.4 Å². The maximum absolute atomic E-state index is 6.66. The zero-order chi connectivity index (χ0) is 29.1. The van der Waals surface area contributed by atoms with E-state index in [0.717, 1.165) is 28.8 Å². The van der Waals surface area contributed by atoms with Crippen molar-refractivity contribution in [2.24, 2.45) is 5.73 Å². The molecule has 2 N–H and O–H groups in total. The third-order valence-corrected chi connectivity index (χ3v) is 8.63. The Bertz CT molecular complexity index is 1870. The minimum atomic E-state index is -0.403. The summed E-state index contributed by atoms with van der Waals surface area (Å²) in [6, 6.07) is 58.6. The van der Waals surface area contributed by atoms with Crippen LogP contribution in [0, 0.1) is 0 Å². The van der Waals surface area contributed by atoms with Crippen LogP contribution in [-0.2, 0) is 11.8 Å². The van der Waals surface area contributed by atoms with E-state index in [9.17, 15) is 0 Å². The average molecular weight is 552 g/mol. The van der Waals surface area contributed by atoms with Gasteiger partial charge in [-0.3, -0.25) is 0 Å². The normalized spacial score (nSPS) is 13.8. The molecule has 0 aliphatic heterocycles. The summed E-state index contributed by atoms with van der Waals surface area (Å²) >= 11 is 0. The van der Waals surface area contributed by atoms with E-state index in [2.05, 4.69) is 158 Å². The molecule has 0 radical (unpaired) electrons. The number of allylic oxidation sites excluding steroid dienone is 3. The predicted octanol–water partition coefficient (Wildman–Crippen LogP) is 9.68. The van der Waals surface area contributed by atoms with Crippen molar-refractivity contribution in [2.75, 3.05) is 0 Å². The van der Waals surface area contributed by atoms with E-state index in [4.69, 9.17) is 5.73 Å². The summed E-state index contributed by atoms with van der Waals surface area (Å²) in [6.07, 6.45) is 5.22. The van der Waals surface area contributed by atoms with Gasteiger partial charge in [-0.05, 0) is 68.1 Å². The van der Waals surface area contributed by atoms with Gasteiger partial charge in [0.2, 0.25) is 0 Å². The Hall–Kier alpha value is -5.40. The lowest BCUT2D eigenvalue weighted by Gasteiger charge is -2.34. The lowest BCUT2D eigenvalue weighted by atomic mass is 9.67. The van der Waals surface area contributed by atoms with Gasteiger partial charge in [0.15, 0.2) is 0 Å². The topological polar surface area (TPSA) is 26.0 Å². The second kappa shape index (κ2) is 11.5. The summed E-state index contributed by atoms with van der Waals surface area (Å²) < 4.78 is 0. The fourth-order valence-electron chi connectivity index (χ4n) is 6.61. The van der Waals surface area contributed by atoms with Crippen LogP contribution in [0.1, 0.15) is 38.9 Å². The summed E-state index contributed by atoms with van der Waals surface area (Å²) in [7, 11) is 0. The van der Waals surface area contributed by atoms with Gasteiger partial charge in [-0.25, -0.2) is 0 Å². The lowest BCUT2D eigenvalue weighted by Crippen LogP contribution is -2.28. The summed E-state index contributed by atoms with van der Waals surface area (Å²) in [5.41, 5.74) is 19.3. The molecule has 0 unspecified atom stereocenters. The van der Waals surface area contributed by atoms with Gasteiger partial charge < -0.3 is 5.73 Å². The van der Waals surface area contributed by atoms with Gasteiger partial charge in [-0.15, -0.1) is 0 Å². The molecule has 0 aromatic heterocycles. The zero-order valence-electron chi connectivity index (χ0n) is 24.0. The number of hydrogen-bond acceptors (Lipinski definition) is 1. The molecule has 1 nitrogen and oxygen atoms in total. The predicted molar refractivity (Wildman–Crippen MR) is 180 cm³/mol. The van der Waals surface area contributed by atoms with E-state index in [1.54, 1.807) is 0 Å². The molecule has 0 bridgehead atoms. The van der Waals surface area contributed by atoms with Crippen LogP contribution in [0.2, 0.25) is 0 Å². The maximum atomic E-state index is 6.66. The molecule has 0 fully saturated rings. The fourth-order valence-corrected chi connectivity index (χ4v) is 6.61. The molecule has 43 heavy (non-hydrogen) atoms. The molecule has 1 heteroatoms. The van der Waals surface area contributed by atoms with E-state index >= 15 is 0 Å². The minimum Gasteiger partial charge on any atom is -0.398 e. The first-order valence-electron chi connectivity index (χ1n) is 14.9.